The zero-order valence-corrected chi connectivity index (χ0v) is 12.2. The van der Waals surface area contributed by atoms with Crippen LogP contribution in [0, 0.1) is 6.92 Å². The highest BCUT2D eigenvalue weighted by atomic mass is 32.1. The van der Waals surface area contributed by atoms with Crippen LogP contribution < -0.4 is 5.32 Å². The molecule has 0 fully saturated rings. The highest BCUT2D eigenvalue weighted by molar-refractivity contribution is 7.09. The lowest BCUT2D eigenvalue weighted by molar-refractivity contribution is 0.0923. The molecule has 0 spiro atoms. The number of carbonyl (C=O) groups is 1. The number of furan rings is 1. The van der Waals surface area contributed by atoms with E-state index in [1.165, 1.54) is 0 Å². The Morgan fingerprint density at radius 1 is 1.33 bits per heavy atom. The molecule has 1 amide bonds. The molecule has 1 N–H and O–H groups in total. The number of aryl methyl sites for hydroxylation is 1. The van der Waals surface area contributed by atoms with E-state index in [4.69, 9.17) is 4.42 Å². The fourth-order valence-electron chi connectivity index (χ4n) is 1.83. The van der Waals surface area contributed by atoms with Gasteiger partial charge in [-0.25, -0.2) is 4.98 Å². The largest absolute Gasteiger partial charge is 0.449 e. The average molecular weight is 299 g/mol. The Kier molecular flexibility index (Phi) is 3.79. The Morgan fingerprint density at radius 2 is 2.24 bits per heavy atom. The van der Waals surface area contributed by atoms with Crippen LogP contribution in [0.3, 0.4) is 0 Å². The third-order valence-corrected chi connectivity index (χ3v) is 3.63. The summed E-state index contributed by atoms with van der Waals surface area (Å²) >= 11 is 1.54. The second-order valence-electron chi connectivity index (χ2n) is 4.42. The van der Waals surface area contributed by atoms with E-state index in [0.717, 1.165) is 16.4 Å². The highest BCUT2D eigenvalue weighted by Crippen LogP contribution is 2.23. The molecule has 0 aromatic carbocycles. The van der Waals surface area contributed by atoms with Crippen LogP contribution >= 0.6 is 11.3 Å². The molecule has 0 saturated carbocycles. The van der Waals surface area contributed by atoms with Crippen molar-refractivity contribution in [3.63, 3.8) is 0 Å². The van der Waals surface area contributed by atoms with Gasteiger partial charge in [0.2, 0.25) is 0 Å². The van der Waals surface area contributed by atoms with E-state index < -0.39 is 0 Å². The predicted octanol–water partition coefficient (Wildman–Crippen LogP) is 3.04. The van der Waals surface area contributed by atoms with Gasteiger partial charge in [-0.1, -0.05) is 6.07 Å². The Hall–Kier alpha value is -2.47. The van der Waals surface area contributed by atoms with Crippen molar-refractivity contribution in [1.82, 2.24) is 15.3 Å². The maximum absolute atomic E-state index is 12.0. The molecule has 106 valence electrons. The molecular formula is C15H13N3O2S. The summed E-state index contributed by atoms with van der Waals surface area (Å²) in [6.07, 6.45) is 1.69. The van der Waals surface area contributed by atoms with Crippen LogP contribution in [0.5, 0.6) is 0 Å². The van der Waals surface area contributed by atoms with E-state index in [9.17, 15) is 4.79 Å². The number of hydrogen-bond acceptors (Lipinski definition) is 5. The highest BCUT2D eigenvalue weighted by Gasteiger charge is 2.13. The fourth-order valence-corrected chi connectivity index (χ4v) is 2.44. The summed E-state index contributed by atoms with van der Waals surface area (Å²) in [7, 11) is 0. The topological polar surface area (TPSA) is 68.0 Å². The predicted molar refractivity (Wildman–Crippen MR) is 80.0 cm³/mol. The van der Waals surface area contributed by atoms with Gasteiger partial charge in [0.1, 0.15) is 5.69 Å². The number of amides is 1. The van der Waals surface area contributed by atoms with Crippen LogP contribution in [0.25, 0.3) is 11.5 Å². The van der Waals surface area contributed by atoms with Crippen molar-refractivity contribution < 1.29 is 9.21 Å². The number of nitrogens with zero attached hydrogens (tertiary/aromatic N) is 2. The van der Waals surface area contributed by atoms with Crippen LogP contribution in [0.15, 0.2) is 46.3 Å². The first kappa shape index (κ1) is 13.5. The summed E-state index contributed by atoms with van der Waals surface area (Å²) in [4.78, 5) is 20.5. The van der Waals surface area contributed by atoms with Gasteiger partial charge in [-0.2, -0.15) is 0 Å². The van der Waals surface area contributed by atoms with Crippen molar-refractivity contribution >= 4 is 17.2 Å². The quantitative estimate of drug-likeness (QED) is 0.804. The van der Waals surface area contributed by atoms with E-state index in [2.05, 4.69) is 15.3 Å². The van der Waals surface area contributed by atoms with Gasteiger partial charge in [0.15, 0.2) is 11.5 Å². The lowest BCUT2D eigenvalue weighted by atomic mass is 10.3. The second kappa shape index (κ2) is 5.88. The van der Waals surface area contributed by atoms with Gasteiger partial charge in [-0.05, 0) is 31.2 Å². The molecule has 21 heavy (non-hydrogen) atoms. The van der Waals surface area contributed by atoms with E-state index >= 15 is 0 Å². The lowest BCUT2D eigenvalue weighted by Gasteiger charge is -2.02. The van der Waals surface area contributed by atoms with Crippen molar-refractivity contribution in [3.05, 3.63) is 58.4 Å². The van der Waals surface area contributed by atoms with Gasteiger partial charge in [0, 0.05) is 11.6 Å². The fraction of sp³-hybridized carbons (Fsp3) is 0.133. The molecule has 3 aromatic heterocycles. The van der Waals surface area contributed by atoms with E-state index in [1.807, 2.05) is 30.5 Å². The van der Waals surface area contributed by atoms with Crippen molar-refractivity contribution in [3.8, 4) is 11.5 Å². The van der Waals surface area contributed by atoms with Crippen molar-refractivity contribution in [2.24, 2.45) is 0 Å². The van der Waals surface area contributed by atoms with Gasteiger partial charge in [0.05, 0.1) is 17.2 Å². The van der Waals surface area contributed by atoms with Gasteiger partial charge in [0.25, 0.3) is 5.91 Å². The van der Waals surface area contributed by atoms with Crippen molar-refractivity contribution in [1.29, 1.82) is 0 Å². The normalized spacial score (nSPS) is 10.5. The maximum atomic E-state index is 12.0. The smallest absolute Gasteiger partial charge is 0.287 e. The SMILES string of the molecule is Cc1nc(-c2ccc(C(=O)NCc3ccccn3)o2)cs1. The summed E-state index contributed by atoms with van der Waals surface area (Å²) in [6, 6.07) is 8.97. The van der Waals surface area contributed by atoms with Crippen LogP contribution in [-0.4, -0.2) is 15.9 Å². The van der Waals surface area contributed by atoms with Gasteiger partial charge in [-0.15, -0.1) is 11.3 Å². The Balaban J connectivity index is 1.67. The number of hydrogen-bond donors (Lipinski definition) is 1. The van der Waals surface area contributed by atoms with Gasteiger partial charge < -0.3 is 9.73 Å². The number of nitrogens with one attached hydrogen (secondary N) is 1. The van der Waals surface area contributed by atoms with E-state index in [0.29, 0.717) is 12.3 Å². The molecular weight excluding hydrogens is 286 g/mol. The van der Waals surface area contributed by atoms with Crippen molar-refractivity contribution in [2.75, 3.05) is 0 Å². The maximum Gasteiger partial charge on any atom is 0.287 e. The minimum atomic E-state index is -0.265. The number of rotatable bonds is 4. The molecule has 0 aliphatic heterocycles. The molecule has 0 aliphatic rings. The Bertz CT molecular complexity index is 749. The third-order valence-electron chi connectivity index (χ3n) is 2.86. The number of thiazole rings is 1. The Labute approximate surface area is 125 Å². The first-order valence-corrected chi connectivity index (χ1v) is 7.31. The summed E-state index contributed by atoms with van der Waals surface area (Å²) in [5, 5.41) is 5.64. The third kappa shape index (κ3) is 3.17. The second-order valence-corrected chi connectivity index (χ2v) is 5.48. The first-order chi connectivity index (χ1) is 10.2. The molecule has 6 heteroatoms. The zero-order valence-electron chi connectivity index (χ0n) is 11.4. The molecule has 0 bridgehead atoms. The van der Waals surface area contributed by atoms with Gasteiger partial charge in [-0.3, -0.25) is 9.78 Å². The molecule has 0 unspecified atom stereocenters. The first-order valence-electron chi connectivity index (χ1n) is 6.43. The monoisotopic (exact) mass is 299 g/mol. The van der Waals surface area contributed by atoms with Crippen molar-refractivity contribution in [2.45, 2.75) is 13.5 Å². The molecule has 0 radical (unpaired) electrons. The number of pyridine rings is 1. The molecule has 3 heterocycles. The van der Waals surface area contributed by atoms with Gasteiger partial charge >= 0.3 is 0 Å². The molecule has 5 nitrogen and oxygen atoms in total. The van der Waals surface area contributed by atoms with Crippen LogP contribution in [0.4, 0.5) is 0 Å². The minimum absolute atomic E-state index is 0.265. The van der Waals surface area contributed by atoms with Crippen LogP contribution in [-0.2, 0) is 6.54 Å². The molecule has 0 saturated heterocycles. The molecule has 3 rings (SSSR count). The molecule has 3 aromatic rings. The standard InChI is InChI=1S/C15H13N3O2S/c1-10-18-12(9-21-10)13-5-6-14(20-13)15(19)17-8-11-4-2-3-7-16-11/h2-7,9H,8H2,1H3,(H,17,19). The summed E-state index contributed by atoms with van der Waals surface area (Å²) in [6.45, 7) is 2.29. The summed E-state index contributed by atoms with van der Waals surface area (Å²) in [5.74, 6) is 0.604. The summed E-state index contributed by atoms with van der Waals surface area (Å²) < 4.78 is 5.54. The average Bonchev–Trinajstić information content (AvgIpc) is 3.14. The van der Waals surface area contributed by atoms with E-state index in [1.54, 1.807) is 29.7 Å². The lowest BCUT2D eigenvalue weighted by Crippen LogP contribution is -2.22. The number of carbonyl (C=O) groups excluding carboxylic acids is 1. The Morgan fingerprint density at radius 3 is 2.95 bits per heavy atom. The minimum Gasteiger partial charge on any atom is -0.449 e. The van der Waals surface area contributed by atoms with Crippen LogP contribution in [0.1, 0.15) is 21.3 Å². The number of aromatic nitrogens is 2. The molecule has 0 aliphatic carbocycles. The summed E-state index contributed by atoms with van der Waals surface area (Å²) in [5.41, 5.74) is 1.55. The molecule has 0 atom stereocenters. The van der Waals surface area contributed by atoms with E-state index in [-0.39, 0.29) is 11.7 Å². The zero-order chi connectivity index (χ0) is 14.7. The van der Waals surface area contributed by atoms with Crippen LogP contribution in [0.2, 0.25) is 0 Å².